The highest BCUT2D eigenvalue weighted by atomic mass is 19.1. The van der Waals surface area contributed by atoms with Gasteiger partial charge in [-0.2, -0.15) is 5.26 Å². The van der Waals surface area contributed by atoms with Crippen molar-refractivity contribution >= 4 is 16.8 Å². The SMILES string of the molecule is N#Cc1ccc2c3c([nH]c2c1)C(CO)N(Cc1ccccc1F)CC31CCN(C(=O)C2CCC2)CC1. The molecule has 1 aliphatic carbocycles. The lowest BCUT2D eigenvalue weighted by Gasteiger charge is -2.50. The van der Waals surface area contributed by atoms with Gasteiger partial charge in [0.15, 0.2) is 0 Å². The number of nitrogens with zero attached hydrogens (tertiary/aromatic N) is 3. The average Bonchev–Trinajstić information content (AvgIpc) is 3.24. The molecular formula is C29H31FN4O2. The molecule has 6 nitrogen and oxygen atoms in total. The quantitative estimate of drug-likeness (QED) is 0.573. The molecule has 36 heavy (non-hydrogen) atoms. The number of amides is 1. The number of aliphatic hydroxyl groups excluding tert-OH is 1. The molecule has 1 atom stereocenters. The highest BCUT2D eigenvalue weighted by molar-refractivity contribution is 5.88. The average molecular weight is 487 g/mol. The van der Waals surface area contributed by atoms with Crippen molar-refractivity contribution in [2.75, 3.05) is 26.2 Å². The fraction of sp³-hybridized carbons (Fsp3) is 0.448. The molecule has 2 N–H and O–H groups in total. The molecule has 3 aliphatic rings. The lowest BCUT2D eigenvalue weighted by molar-refractivity contribution is -0.140. The van der Waals surface area contributed by atoms with Crippen LogP contribution in [0.15, 0.2) is 42.5 Å². The molecule has 7 heteroatoms. The maximum Gasteiger partial charge on any atom is 0.225 e. The first-order valence-corrected chi connectivity index (χ1v) is 13.0. The molecule has 1 spiro atoms. The van der Waals surface area contributed by atoms with E-state index >= 15 is 0 Å². The molecule has 6 rings (SSSR count). The van der Waals surface area contributed by atoms with Gasteiger partial charge >= 0.3 is 0 Å². The number of H-pyrrole nitrogens is 1. The van der Waals surface area contributed by atoms with Gasteiger partial charge in [-0.05, 0) is 49.4 Å². The number of nitriles is 1. The maximum absolute atomic E-state index is 14.6. The smallest absolute Gasteiger partial charge is 0.225 e. The third-order valence-corrected chi connectivity index (χ3v) is 8.76. The van der Waals surface area contributed by atoms with E-state index in [1.165, 1.54) is 11.6 Å². The topological polar surface area (TPSA) is 83.4 Å². The highest BCUT2D eigenvalue weighted by Gasteiger charge is 2.48. The van der Waals surface area contributed by atoms with E-state index in [1.807, 2.05) is 29.2 Å². The van der Waals surface area contributed by atoms with Gasteiger partial charge < -0.3 is 15.0 Å². The molecule has 186 valence electrons. The summed E-state index contributed by atoms with van der Waals surface area (Å²) in [5, 5.41) is 21.0. The van der Waals surface area contributed by atoms with Gasteiger partial charge in [-0.3, -0.25) is 9.69 Å². The van der Waals surface area contributed by atoms with E-state index in [-0.39, 0.29) is 29.8 Å². The van der Waals surface area contributed by atoms with Crippen molar-refractivity contribution in [2.45, 2.75) is 50.1 Å². The minimum atomic E-state index is -0.308. The zero-order valence-corrected chi connectivity index (χ0v) is 20.3. The van der Waals surface area contributed by atoms with Crippen LogP contribution >= 0.6 is 0 Å². The lowest BCUT2D eigenvalue weighted by Crippen LogP contribution is -2.55. The molecule has 1 aromatic heterocycles. The van der Waals surface area contributed by atoms with Gasteiger partial charge in [0.1, 0.15) is 5.82 Å². The van der Waals surface area contributed by atoms with Crippen LogP contribution in [0, 0.1) is 23.1 Å². The molecule has 1 amide bonds. The van der Waals surface area contributed by atoms with Crippen LogP contribution < -0.4 is 0 Å². The summed E-state index contributed by atoms with van der Waals surface area (Å²) in [6.07, 6.45) is 4.78. The molecular weight excluding hydrogens is 455 g/mol. The van der Waals surface area contributed by atoms with Gasteiger partial charge in [0.05, 0.1) is 24.3 Å². The number of likely N-dealkylation sites (tertiary alicyclic amines) is 1. The van der Waals surface area contributed by atoms with Crippen molar-refractivity contribution < 1.29 is 14.3 Å². The second-order valence-corrected chi connectivity index (χ2v) is 10.7. The van der Waals surface area contributed by atoms with E-state index in [0.29, 0.717) is 43.2 Å². The Morgan fingerprint density at radius 2 is 1.97 bits per heavy atom. The van der Waals surface area contributed by atoms with Crippen LogP contribution in [0.3, 0.4) is 0 Å². The molecule has 3 aromatic rings. The first-order valence-electron chi connectivity index (χ1n) is 13.0. The predicted molar refractivity (Wildman–Crippen MR) is 134 cm³/mol. The Hall–Kier alpha value is -3.21. The molecule has 1 unspecified atom stereocenters. The van der Waals surface area contributed by atoms with E-state index < -0.39 is 0 Å². The number of carbonyl (C=O) groups is 1. The van der Waals surface area contributed by atoms with Crippen molar-refractivity contribution in [3.63, 3.8) is 0 Å². The zero-order valence-electron chi connectivity index (χ0n) is 20.3. The standard InChI is InChI=1S/C29H31FN4O2/c30-23-7-2-1-4-21(23)16-34-18-29(10-12-33(13-11-29)28(36)20-5-3-6-20)26-22-9-8-19(15-31)14-24(22)32-27(26)25(34)17-35/h1-2,4,7-9,14,20,25,32,35H,3,5-6,10-13,16-18H2. The zero-order chi connectivity index (χ0) is 24.9. The number of nitrogens with one attached hydrogen (secondary N) is 1. The first kappa shape index (κ1) is 23.2. The van der Waals surface area contributed by atoms with Gasteiger partial charge in [-0.15, -0.1) is 0 Å². The van der Waals surface area contributed by atoms with Gasteiger partial charge in [0, 0.05) is 59.7 Å². The van der Waals surface area contributed by atoms with Crippen molar-refractivity contribution in [2.24, 2.45) is 5.92 Å². The number of benzene rings is 2. The number of aliphatic hydroxyl groups is 1. The van der Waals surface area contributed by atoms with Gasteiger partial charge in [-0.25, -0.2) is 4.39 Å². The Bertz CT molecular complexity index is 1350. The van der Waals surface area contributed by atoms with E-state index in [9.17, 15) is 19.6 Å². The summed E-state index contributed by atoms with van der Waals surface area (Å²) in [5.41, 5.74) is 3.99. The van der Waals surface area contributed by atoms with Crippen molar-refractivity contribution in [3.8, 4) is 6.07 Å². The molecule has 2 aromatic carbocycles. The number of aromatic amines is 1. The maximum atomic E-state index is 14.6. The summed E-state index contributed by atoms with van der Waals surface area (Å²) in [6, 6.07) is 14.4. The fourth-order valence-corrected chi connectivity index (χ4v) is 6.56. The molecule has 0 radical (unpaired) electrons. The Balaban J connectivity index is 1.41. The Morgan fingerprint density at radius 1 is 1.19 bits per heavy atom. The molecule has 1 saturated heterocycles. The number of rotatable bonds is 4. The Morgan fingerprint density at radius 3 is 2.64 bits per heavy atom. The number of aromatic nitrogens is 1. The molecule has 3 heterocycles. The van der Waals surface area contributed by atoms with E-state index in [1.54, 1.807) is 12.1 Å². The Kier molecular flexibility index (Phi) is 5.82. The van der Waals surface area contributed by atoms with Crippen LogP contribution in [0.1, 0.15) is 60.5 Å². The number of hydrogen-bond donors (Lipinski definition) is 2. The number of fused-ring (bicyclic) bond motifs is 4. The highest BCUT2D eigenvalue weighted by Crippen LogP contribution is 2.49. The first-order chi connectivity index (χ1) is 17.5. The second-order valence-electron chi connectivity index (χ2n) is 10.7. The fourth-order valence-electron chi connectivity index (χ4n) is 6.56. The van der Waals surface area contributed by atoms with Crippen molar-refractivity contribution in [3.05, 3.63) is 70.7 Å². The molecule has 0 bridgehead atoms. The normalized spacial score (nSPS) is 21.8. The summed E-state index contributed by atoms with van der Waals surface area (Å²) >= 11 is 0. The molecule has 2 fully saturated rings. The summed E-state index contributed by atoms with van der Waals surface area (Å²) < 4.78 is 14.6. The van der Waals surface area contributed by atoms with Crippen LogP contribution in [0.25, 0.3) is 10.9 Å². The van der Waals surface area contributed by atoms with Crippen LogP contribution in [-0.2, 0) is 16.8 Å². The van der Waals surface area contributed by atoms with Crippen molar-refractivity contribution in [1.82, 2.24) is 14.8 Å². The summed E-state index contributed by atoms with van der Waals surface area (Å²) in [4.78, 5) is 20.7. The van der Waals surface area contributed by atoms with E-state index in [2.05, 4.69) is 16.0 Å². The minimum Gasteiger partial charge on any atom is -0.394 e. The number of halogens is 1. The molecule has 1 saturated carbocycles. The summed E-state index contributed by atoms with van der Waals surface area (Å²) in [6.45, 7) is 2.38. The van der Waals surface area contributed by atoms with Gasteiger partial charge in [0.25, 0.3) is 0 Å². The van der Waals surface area contributed by atoms with E-state index in [4.69, 9.17) is 0 Å². The van der Waals surface area contributed by atoms with E-state index in [0.717, 1.165) is 48.7 Å². The minimum absolute atomic E-state index is 0.0955. The monoisotopic (exact) mass is 486 g/mol. The third-order valence-electron chi connectivity index (χ3n) is 8.76. The van der Waals surface area contributed by atoms with Crippen LogP contribution in [0.4, 0.5) is 4.39 Å². The van der Waals surface area contributed by atoms with Crippen molar-refractivity contribution in [1.29, 1.82) is 5.26 Å². The lowest BCUT2D eigenvalue weighted by atomic mass is 9.68. The van der Waals surface area contributed by atoms with Crippen LogP contribution in [0.5, 0.6) is 0 Å². The van der Waals surface area contributed by atoms with Crippen LogP contribution in [-0.4, -0.2) is 52.0 Å². The number of carbonyl (C=O) groups excluding carboxylic acids is 1. The number of piperidine rings is 1. The second kappa shape index (κ2) is 9.02. The summed E-state index contributed by atoms with van der Waals surface area (Å²) in [5.74, 6) is 0.237. The largest absolute Gasteiger partial charge is 0.394 e. The predicted octanol–water partition coefficient (Wildman–Crippen LogP) is 4.39. The Labute approximate surface area is 210 Å². The van der Waals surface area contributed by atoms with Crippen LogP contribution in [0.2, 0.25) is 0 Å². The number of hydrogen-bond acceptors (Lipinski definition) is 4. The van der Waals surface area contributed by atoms with Gasteiger partial charge in [0.2, 0.25) is 5.91 Å². The molecule has 2 aliphatic heterocycles. The summed E-state index contributed by atoms with van der Waals surface area (Å²) in [7, 11) is 0. The van der Waals surface area contributed by atoms with Gasteiger partial charge in [-0.1, -0.05) is 30.7 Å². The third kappa shape index (κ3) is 3.71.